The number of hydrogen-bond donors (Lipinski definition) is 1. The maximum absolute atomic E-state index is 14.2. The van der Waals surface area contributed by atoms with E-state index in [2.05, 4.69) is 21.2 Å². The van der Waals surface area contributed by atoms with Crippen molar-refractivity contribution in [1.82, 2.24) is 4.31 Å². The van der Waals surface area contributed by atoms with E-state index in [9.17, 15) is 17.6 Å². The zero-order valence-corrected chi connectivity index (χ0v) is 21.0. The highest BCUT2D eigenvalue weighted by Gasteiger charge is 2.28. The first kappa shape index (κ1) is 25.7. The van der Waals surface area contributed by atoms with E-state index in [1.165, 1.54) is 44.6 Å². The SMILES string of the molecule is COc1ccc(S(=O)(=O)N(CCc2ccccc2)CC(=O)Nc2ccc(Br)cc2F)cc1OC. The number of sulfonamides is 1. The second kappa shape index (κ2) is 11.5. The van der Waals surface area contributed by atoms with Gasteiger partial charge in [0, 0.05) is 17.1 Å². The Morgan fingerprint density at radius 3 is 2.35 bits per heavy atom. The van der Waals surface area contributed by atoms with E-state index in [0.29, 0.717) is 16.6 Å². The monoisotopic (exact) mass is 550 g/mol. The third-order valence-electron chi connectivity index (χ3n) is 5.01. The second-order valence-corrected chi connectivity index (χ2v) is 10.1. The molecule has 0 aromatic heterocycles. The maximum Gasteiger partial charge on any atom is 0.243 e. The van der Waals surface area contributed by atoms with Crippen molar-refractivity contribution in [3.8, 4) is 11.5 Å². The van der Waals surface area contributed by atoms with Crippen LogP contribution in [0.5, 0.6) is 11.5 Å². The van der Waals surface area contributed by atoms with Crippen LogP contribution in [0.25, 0.3) is 0 Å². The summed E-state index contributed by atoms with van der Waals surface area (Å²) < 4.78 is 53.1. The van der Waals surface area contributed by atoms with Crippen molar-refractivity contribution in [3.63, 3.8) is 0 Å². The van der Waals surface area contributed by atoms with Gasteiger partial charge in [-0.05, 0) is 42.3 Å². The highest BCUT2D eigenvalue weighted by atomic mass is 79.9. The van der Waals surface area contributed by atoms with Gasteiger partial charge in [-0.1, -0.05) is 46.3 Å². The van der Waals surface area contributed by atoms with Crippen LogP contribution >= 0.6 is 15.9 Å². The number of anilines is 1. The van der Waals surface area contributed by atoms with Crippen LogP contribution in [0.4, 0.5) is 10.1 Å². The molecule has 3 rings (SSSR count). The van der Waals surface area contributed by atoms with Gasteiger partial charge in [-0.25, -0.2) is 12.8 Å². The Kier molecular flexibility index (Phi) is 8.65. The minimum atomic E-state index is -4.10. The molecule has 0 spiro atoms. The van der Waals surface area contributed by atoms with Gasteiger partial charge < -0.3 is 14.8 Å². The van der Waals surface area contributed by atoms with E-state index in [4.69, 9.17) is 9.47 Å². The summed E-state index contributed by atoms with van der Waals surface area (Å²) >= 11 is 3.16. The fourth-order valence-corrected chi connectivity index (χ4v) is 5.00. The topological polar surface area (TPSA) is 84.9 Å². The number of ether oxygens (including phenoxy) is 2. The molecule has 0 saturated carbocycles. The van der Waals surface area contributed by atoms with Gasteiger partial charge in [0.15, 0.2) is 11.5 Å². The Morgan fingerprint density at radius 1 is 1.00 bits per heavy atom. The quantitative estimate of drug-likeness (QED) is 0.402. The zero-order valence-electron chi connectivity index (χ0n) is 18.6. The summed E-state index contributed by atoms with van der Waals surface area (Å²) in [5, 5.41) is 2.44. The lowest BCUT2D eigenvalue weighted by molar-refractivity contribution is -0.116. The summed E-state index contributed by atoms with van der Waals surface area (Å²) in [6, 6.07) is 17.7. The lowest BCUT2D eigenvalue weighted by atomic mass is 10.1. The van der Waals surface area contributed by atoms with E-state index < -0.39 is 28.3 Å². The lowest BCUT2D eigenvalue weighted by Crippen LogP contribution is -2.39. The van der Waals surface area contributed by atoms with Crippen LogP contribution in [0.3, 0.4) is 0 Å². The molecule has 10 heteroatoms. The molecule has 0 fully saturated rings. The van der Waals surface area contributed by atoms with Crippen molar-refractivity contribution < 1.29 is 27.1 Å². The van der Waals surface area contributed by atoms with Crippen LogP contribution in [-0.2, 0) is 21.2 Å². The van der Waals surface area contributed by atoms with Crippen LogP contribution in [0.1, 0.15) is 5.56 Å². The molecule has 3 aromatic rings. The van der Waals surface area contributed by atoms with Crippen molar-refractivity contribution >= 4 is 37.5 Å². The summed E-state index contributed by atoms with van der Waals surface area (Å²) in [6.45, 7) is -0.462. The Morgan fingerprint density at radius 2 is 1.71 bits per heavy atom. The smallest absolute Gasteiger partial charge is 0.243 e. The molecule has 0 aliphatic heterocycles. The number of hydrogen-bond acceptors (Lipinski definition) is 5. The molecule has 0 saturated heterocycles. The third kappa shape index (κ3) is 6.34. The molecule has 3 aromatic carbocycles. The number of nitrogens with zero attached hydrogens (tertiary/aromatic N) is 1. The van der Waals surface area contributed by atoms with Gasteiger partial charge in [0.05, 0.1) is 31.3 Å². The van der Waals surface area contributed by atoms with Crippen molar-refractivity contribution in [1.29, 1.82) is 0 Å². The van der Waals surface area contributed by atoms with Crippen LogP contribution in [-0.4, -0.2) is 45.9 Å². The molecule has 0 unspecified atom stereocenters. The summed E-state index contributed by atoms with van der Waals surface area (Å²) in [5.74, 6) is -0.687. The second-order valence-electron chi connectivity index (χ2n) is 7.26. The van der Waals surface area contributed by atoms with E-state index >= 15 is 0 Å². The molecule has 1 amide bonds. The van der Waals surface area contributed by atoms with Gasteiger partial charge in [0.2, 0.25) is 15.9 Å². The molecule has 0 aliphatic carbocycles. The molecule has 0 atom stereocenters. The standard InChI is InChI=1S/C24H24BrFN2O5S/c1-32-22-11-9-19(15-23(22)33-2)34(30,31)28(13-12-17-6-4-3-5-7-17)16-24(29)27-21-10-8-18(25)14-20(21)26/h3-11,14-15H,12-13,16H2,1-2H3,(H,27,29). The average Bonchev–Trinajstić information content (AvgIpc) is 2.83. The van der Waals surface area contributed by atoms with Crippen LogP contribution in [0.2, 0.25) is 0 Å². The van der Waals surface area contributed by atoms with Gasteiger partial charge in [0.25, 0.3) is 0 Å². The van der Waals surface area contributed by atoms with Crippen LogP contribution in [0.15, 0.2) is 76.1 Å². The summed E-state index contributed by atoms with van der Waals surface area (Å²) in [4.78, 5) is 12.7. The number of rotatable bonds is 10. The summed E-state index contributed by atoms with van der Waals surface area (Å²) in [6.07, 6.45) is 0.382. The fraction of sp³-hybridized carbons (Fsp3) is 0.208. The van der Waals surface area contributed by atoms with E-state index in [1.807, 2.05) is 30.3 Å². The Balaban J connectivity index is 1.88. The number of carbonyl (C=O) groups excluding carboxylic acids is 1. The van der Waals surface area contributed by atoms with Gasteiger partial charge in [-0.3, -0.25) is 4.79 Å². The molecule has 180 valence electrons. The predicted molar refractivity (Wildman–Crippen MR) is 131 cm³/mol. The lowest BCUT2D eigenvalue weighted by Gasteiger charge is -2.22. The van der Waals surface area contributed by atoms with E-state index in [1.54, 1.807) is 6.07 Å². The molecular formula is C24H24BrFN2O5S. The minimum Gasteiger partial charge on any atom is -0.493 e. The van der Waals surface area contributed by atoms with Crippen molar-refractivity contribution in [3.05, 3.63) is 82.6 Å². The number of halogens is 2. The zero-order chi connectivity index (χ0) is 24.7. The van der Waals surface area contributed by atoms with Gasteiger partial charge >= 0.3 is 0 Å². The fourth-order valence-electron chi connectivity index (χ4n) is 3.25. The maximum atomic E-state index is 14.2. The highest BCUT2D eigenvalue weighted by molar-refractivity contribution is 9.10. The molecule has 0 heterocycles. The number of carbonyl (C=O) groups is 1. The summed E-state index contributed by atoms with van der Waals surface area (Å²) in [5.41, 5.74) is 0.870. The Labute approximate surface area is 206 Å². The number of methoxy groups -OCH3 is 2. The van der Waals surface area contributed by atoms with Gasteiger partial charge in [-0.2, -0.15) is 4.31 Å². The molecular weight excluding hydrogens is 527 g/mol. The first-order valence-corrected chi connectivity index (χ1v) is 12.5. The van der Waals surface area contributed by atoms with Gasteiger partial charge in [-0.15, -0.1) is 0 Å². The third-order valence-corrected chi connectivity index (χ3v) is 7.35. The largest absolute Gasteiger partial charge is 0.493 e. The molecule has 0 bridgehead atoms. The van der Waals surface area contributed by atoms with E-state index in [-0.39, 0.29) is 22.9 Å². The first-order valence-electron chi connectivity index (χ1n) is 10.3. The van der Waals surface area contributed by atoms with Crippen LogP contribution in [0, 0.1) is 5.82 Å². The Bertz CT molecular complexity index is 1260. The number of amides is 1. The molecule has 34 heavy (non-hydrogen) atoms. The predicted octanol–water partition coefficient (Wildman–Crippen LogP) is 4.48. The molecule has 1 N–H and O–H groups in total. The summed E-state index contributed by atoms with van der Waals surface area (Å²) in [7, 11) is -1.24. The van der Waals surface area contributed by atoms with Crippen LogP contribution < -0.4 is 14.8 Å². The minimum absolute atomic E-state index is 0.0386. The molecule has 0 radical (unpaired) electrons. The molecule has 7 nitrogen and oxygen atoms in total. The first-order chi connectivity index (χ1) is 16.2. The highest BCUT2D eigenvalue weighted by Crippen LogP contribution is 2.31. The number of nitrogens with one attached hydrogen (secondary N) is 1. The Hall–Kier alpha value is -2.95. The van der Waals surface area contributed by atoms with E-state index in [0.717, 1.165) is 9.87 Å². The van der Waals surface area contributed by atoms with Crippen molar-refractivity contribution in [2.45, 2.75) is 11.3 Å². The average molecular weight is 551 g/mol. The molecule has 0 aliphatic rings. The van der Waals surface area contributed by atoms with Crippen molar-refractivity contribution in [2.75, 3.05) is 32.6 Å². The van der Waals surface area contributed by atoms with Crippen molar-refractivity contribution in [2.24, 2.45) is 0 Å². The number of benzene rings is 3. The van der Waals surface area contributed by atoms with Gasteiger partial charge in [0.1, 0.15) is 5.82 Å². The normalized spacial score (nSPS) is 11.3.